The number of nitro groups is 1. The van der Waals surface area contributed by atoms with Crippen molar-refractivity contribution >= 4 is 33.3 Å². The van der Waals surface area contributed by atoms with Crippen LogP contribution in [0.15, 0.2) is 18.3 Å². The van der Waals surface area contributed by atoms with Crippen molar-refractivity contribution in [3.63, 3.8) is 0 Å². The smallest absolute Gasteiger partial charge is 0.287 e. The van der Waals surface area contributed by atoms with E-state index in [0.29, 0.717) is 32.0 Å². The zero-order valence-corrected chi connectivity index (χ0v) is 13.5. The van der Waals surface area contributed by atoms with Gasteiger partial charge in [-0.3, -0.25) is 14.9 Å². The Bertz CT molecular complexity index is 533. The molecule has 8 heteroatoms. The van der Waals surface area contributed by atoms with Gasteiger partial charge in [-0.25, -0.2) is 4.98 Å². The van der Waals surface area contributed by atoms with E-state index in [4.69, 9.17) is 0 Å². The molecule has 1 aliphatic heterocycles. The van der Waals surface area contributed by atoms with Gasteiger partial charge >= 0.3 is 0 Å². The van der Waals surface area contributed by atoms with E-state index in [1.165, 1.54) is 12.3 Å². The van der Waals surface area contributed by atoms with Gasteiger partial charge in [-0.2, -0.15) is 0 Å². The lowest BCUT2D eigenvalue weighted by atomic mass is 10.1. The summed E-state index contributed by atoms with van der Waals surface area (Å²) >= 11 is 3.38. The molecule has 2 heterocycles. The van der Waals surface area contributed by atoms with Gasteiger partial charge in [0, 0.05) is 32.2 Å². The monoisotopic (exact) mass is 356 g/mol. The summed E-state index contributed by atoms with van der Waals surface area (Å²) in [6, 6.07) is 3.09. The largest absolute Gasteiger partial charge is 0.353 e. The molecule has 0 radical (unpaired) electrons. The Morgan fingerprint density at radius 3 is 2.38 bits per heavy atom. The molecule has 0 atom stereocenters. The summed E-state index contributed by atoms with van der Waals surface area (Å²) in [5.74, 6) is 0.768. The van der Waals surface area contributed by atoms with Gasteiger partial charge in [0.25, 0.3) is 5.69 Å². The zero-order valence-electron chi connectivity index (χ0n) is 12.0. The number of alkyl halides is 1. The molecule has 0 aliphatic carbocycles. The minimum atomic E-state index is -0.555. The highest BCUT2D eigenvalue weighted by atomic mass is 79.9. The number of carbonyl (C=O) groups is 1. The Labute approximate surface area is 131 Å². The minimum absolute atomic E-state index is 0.0198. The topological polar surface area (TPSA) is 79.6 Å². The SMILES string of the molecule is CC(C)(Br)C(=O)N1CCN(c2ccc([N+](=O)[O-])cn2)CC1. The average molecular weight is 357 g/mol. The predicted molar refractivity (Wildman–Crippen MR) is 82.7 cm³/mol. The quantitative estimate of drug-likeness (QED) is 0.468. The number of pyridine rings is 1. The summed E-state index contributed by atoms with van der Waals surface area (Å²) in [6.45, 7) is 6.23. The van der Waals surface area contributed by atoms with E-state index in [1.54, 1.807) is 6.07 Å². The van der Waals surface area contributed by atoms with Gasteiger partial charge in [0.1, 0.15) is 12.0 Å². The van der Waals surface area contributed by atoms with Gasteiger partial charge in [0.15, 0.2) is 0 Å². The lowest BCUT2D eigenvalue weighted by Crippen LogP contribution is -2.52. The minimum Gasteiger partial charge on any atom is -0.353 e. The van der Waals surface area contributed by atoms with Crippen LogP contribution in [-0.4, -0.2) is 51.2 Å². The number of amides is 1. The van der Waals surface area contributed by atoms with Crippen LogP contribution in [0.4, 0.5) is 11.5 Å². The first-order valence-electron chi connectivity index (χ1n) is 6.63. The van der Waals surface area contributed by atoms with Crippen molar-refractivity contribution in [1.29, 1.82) is 0 Å². The van der Waals surface area contributed by atoms with E-state index in [-0.39, 0.29) is 11.6 Å². The van der Waals surface area contributed by atoms with Gasteiger partial charge in [-0.1, -0.05) is 15.9 Å². The van der Waals surface area contributed by atoms with Crippen LogP contribution in [0.5, 0.6) is 0 Å². The zero-order chi connectivity index (χ0) is 15.6. The molecule has 1 aromatic rings. The molecule has 7 nitrogen and oxygen atoms in total. The second kappa shape index (κ2) is 5.97. The lowest BCUT2D eigenvalue weighted by molar-refractivity contribution is -0.385. The number of anilines is 1. The predicted octanol–water partition coefficient (Wildman–Crippen LogP) is 1.81. The van der Waals surface area contributed by atoms with Crippen molar-refractivity contribution in [3.05, 3.63) is 28.4 Å². The summed E-state index contributed by atoms with van der Waals surface area (Å²) in [5, 5.41) is 10.6. The van der Waals surface area contributed by atoms with Gasteiger partial charge in [-0.15, -0.1) is 0 Å². The Hall–Kier alpha value is -1.70. The first-order valence-corrected chi connectivity index (χ1v) is 7.42. The van der Waals surface area contributed by atoms with Crippen LogP contribution >= 0.6 is 15.9 Å². The molecule has 2 rings (SSSR count). The van der Waals surface area contributed by atoms with Crippen molar-refractivity contribution in [2.45, 2.75) is 18.2 Å². The molecule has 0 saturated carbocycles. The van der Waals surface area contributed by atoms with Gasteiger partial charge < -0.3 is 9.80 Å². The first kappa shape index (κ1) is 15.7. The van der Waals surface area contributed by atoms with Crippen LogP contribution in [0.3, 0.4) is 0 Å². The maximum Gasteiger partial charge on any atom is 0.287 e. The van der Waals surface area contributed by atoms with Crippen molar-refractivity contribution in [3.8, 4) is 0 Å². The number of rotatable bonds is 3. The molecule has 0 unspecified atom stereocenters. The highest BCUT2D eigenvalue weighted by molar-refractivity contribution is 9.10. The number of nitrogens with zero attached hydrogens (tertiary/aromatic N) is 4. The van der Waals surface area contributed by atoms with Crippen molar-refractivity contribution in [1.82, 2.24) is 9.88 Å². The molecule has 1 saturated heterocycles. The summed E-state index contributed by atoms with van der Waals surface area (Å²) in [5.41, 5.74) is -0.0198. The molecule has 0 N–H and O–H groups in total. The fourth-order valence-electron chi connectivity index (χ4n) is 2.19. The molecule has 0 aromatic carbocycles. The van der Waals surface area contributed by atoms with E-state index in [2.05, 4.69) is 20.9 Å². The summed E-state index contributed by atoms with van der Waals surface area (Å²) in [6.07, 6.45) is 1.26. The van der Waals surface area contributed by atoms with Crippen LogP contribution in [0, 0.1) is 10.1 Å². The fraction of sp³-hybridized carbons (Fsp3) is 0.538. The number of piperazine rings is 1. The third-order valence-corrected chi connectivity index (χ3v) is 3.68. The van der Waals surface area contributed by atoms with Crippen molar-refractivity contribution in [2.75, 3.05) is 31.1 Å². The van der Waals surface area contributed by atoms with E-state index in [1.807, 2.05) is 23.6 Å². The maximum absolute atomic E-state index is 12.2. The summed E-state index contributed by atoms with van der Waals surface area (Å²) in [4.78, 5) is 30.2. The van der Waals surface area contributed by atoms with Crippen LogP contribution in [0.2, 0.25) is 0 Å². The molecule has 21 heavy (non-hydrogen) atoms. The standard InChI is InChI=1S/C13H17BrN4O3/c1-13(2,14)12(19)17-7-5-16(6-8-17)11-4-3-10(9-15-11)18(20)21/h3-4,9H,5-8H2,1-2H3. The molecule has 114 valence electrons. The van der Waals surface area contributed by atoms with Crippen LogP contribution in [0.25, 0.3) is 0 Å². The number of hydrogen-bond donors (Lipinski definition) is 0. The normalized spacial score (nSPS) is 16.0. The van der Waals surface area contributed by atoms with Gasteiger partial charge in [0.05, 0.1) is 9.25 Å². The number of hydrogen-bond acceptors (Lipinski definition) is 5. The second-order valence-electron chi connectivity index (χ2n) is 5.38. The van der Waals surface area contributed by atoms with Crippen molar-refractivity contribution in [2.24, 2.45) is 0 Å². The highest BCUT2D eigenvalue weighted by Gasteiger charge is 2.31. The summed E-state index contributed by atoms with van der Waals surface area (Å²) < 4.78 is -0.555. The molecule has 1 amide bonds. The molecular formula is C13H17BrN4O3. The van der Waals surface area contributed by atoms with Crippen LogP contribution in [-0.2, 0) is 4.79 Å². The molecule has 1 aliphatic rings. The molecule has 1 aromatic heterocycles. The third kappa shape index (κ3) is 3.69. The van der Waals surface area contributed by atoms with Crippen molar-refractivity contribution < 1.29 is 9.72 Å². The van der Waals surface area contributed by atoms with E-state index < -0.39 is 9.25 Å². The van der Waals surface area contributed by atoms with E-state index >= 15 is 0 Å². The molecule has 0 spiro atoms. The second-order valence-corrected chi connectivity index (χ2v) is 7.37. The Balaban J connectivity index is 1.98. The van der Waals surface area contributed by atoms with Gasteiger partial charge in [-0.05, 0) is 19.9 Å². The Morgan fingerprint density at radius 2 is 1.95 bits per heavy atom. The first-order chi connectivity index (χ1) is 9.79. The lowest BCUT2D eigenvalue weighted by Gasteiger charge is -2.37. The third-order valence-electron chi connectivity index (χ3n) is 3.34. The van der Waals surface area contributed by atoms with Gasteiger partial charge in [0.2, 0.25) is 5.91 Å². The number of halogens is 1. The molecule has 0 bridgehead atoms. The molecule has 1 fully saturated rings. The van der Waals surface area contributed by atoms with E-state index in [9.17, 15) is 14.9 Å². The highest BCUT2D eigenvalue weighted by Crippen LogP contribution is 2.22. The maximum atomic E-state index is 12.2. The van der Waals surface area contributed by atoms with Crippen LogP contribution in [0.1, 0.15) is 13.8 Å². The summed E-state index contributed by atoms with van der Waals surface area (Å²) in [7, 11) is 0. The fourth-order valence-corrected chi connectivity index (χ4v) is 2.44. The Kier molecular flexibility index (Phi) is 4.46. The number of carbonyl (C=O) groups excluding carboxylic acids is 1. The Morgan fingerprint density at radius 1 is 1.33 bits per heavy atom. The average Bonchev–Trinajstić information content (AvgIpc) is 2.46. The van der Waals surface area contributed by atoms with E-state index in [0.717, 1.165) is 0 Å². The van der Waals surface area contributed by atoms with Crippen LogP contribution < -0.4 is 4.90 Å². The molecular weight excluding hydrogens is 340 g/mol. The number of aromatic nitrogens is 1.